The van der Waals surface area contributed by atoms with Gasteiger partial charge < -0.3 is 5.32 Å². The number of H-pyrrole nitrogens is 1. The van der Waals surface area contributed by atoms with E-state index in [1.165, 1.54) is 12.8 Å². The van der Waals surface area contributed by atoms with Gasteiger partial charge in [0.2, 0.25) is 5.91 Å². The van der Waals surface area contributed by atoms with Crippen LogP contribution in [0.5, 0.6) is 0 Å². The van der Waals surface area contributed by atoms with Gasteiger partial charge in [-0.3, -0.25) is 14.5 Å². The van der Waals surface area contributed by atoms with Crippen molar-refractivity contribution >= 4 is 29.7 Å². The van der Waals surface area contributed by atoms with E-state index in [0.717, 1.165) is 18.4 Å². The molecule has 0 saturated heterocycles. The molecule has 2 aromatic rings. The van der Waals surface area contributed by atoms with E-state index in [1.54, 1.807) is 16.7 Å². The number of aromatic amines is 1. The van der Waals surface area contributed by atoms with Crippen LogP contribution in [0.1, 0.15) is 39.5 Å². The number of halogens is 1. The lowest BCUT2D eigenvalue weighted by atomic mass is 10.1. The summed E-state index contributed by atoms with van der Waals surface area (Å²) in [6.07, 6.45) is 4.47. The standard InChI is InChI=1S/C17H23ClN4OS/c1-3-4-5-6-12(2)19-15(23)11-22-16(20-21-17(22)24)13-7-9-14(18)10-8-13/h7-10,12H,3-6,11H2,1-2H3,(H,19,23)(H,21,24). The second kappa shape index (κ2) is 8.99. The van der Waals surface area contributed by atoms with Gasteiger partial charge in [-0.05, 0) is 49.8 Å². The van der Waals surface area contributed by atoms with Crippen molar-refractivity contribution in [1.29, 1.82) is 0 Å². The Bertz CT molecular complexity index is 723. The van der Waals surface area contributed by atoms with Crippen LogP contribution in [0.4, 0.5) is 0 Å². The molecule has 1 atom stereocenters. The fourth-order valence-electron chi connectivity index (χ4n) is 2.52. The molecule has 130 valence electrons. The topological polar surface area (TPSA) is 62.7 Å². The molecular formula is C17H23ClN4OS. The van der Waals surface area contributed by atoms with Crippen molar-refractivity contribution in [2.24, 2.45) is 0 Å². The molecule has 7 heteroatoms. The van der Waals surface area contributed by atoms with Gasteiger partial charge in [0.15, 0.2) is 10.6 Å². The highest BCUT2D eigenvalue weighted by molar-refractivity contribution is 7.71. The van der Waals surface area contributed by atoms with Crippen molar-refractivity contribution in [3.63, 3.8) is 0 Å². The van der Waals surface area contributed by atoms with Crippen molar-refractivity contribution in [3.8, 4) is 11.4 Å². The van der Waals surface area contributed by atoms with E-state index in [9.17, 15) is 4.79 Å². The van der Waals surface area contributed by atoms with E-state index in [0.29, 0.717) is 15.6 Å². The van der Waals surface area contributed by atoms with E-state index in [-0.39, 0.29) is 18.5 Å². The first-order chi connectivity index (χ1) is 11.5. The maximum absolute atomic E-state index is 12.3. The third-order valence-corrected chi connectivity index (χ3v) is 4.37. The highest BCUT2D eigenvalue weighted by Gasteiger charge is 2.14. The quantitative estimate of drug-likeness (QED) is 0.539. The van der Waals surface area contributed by atoms with Crippen LogP contribution in [-0.2, 0) is 11.3 Å². The molecule has 2 N–H and O–H groups in total. The molecule has 1 heterocycles. The molecule has 0 spiro atoms. The van der Waals surface area contributed by atoms with E-state index in [2.05, 4.69) is 22.4 Å². The fourth-order valence-corrected chi connectivity index (χ4v) is 2.84. The number of benzene rings is 1. The van der Waals surface area contributed by atoms with Crippen LogP contribution in [0.2, 0.25) is 5.02 Å². The van der Waals surface area contributed by atoms with Gasteiger partial charge in [0, 0.05) is 16.6 Å². The maximum atomic E-state index is 12.3. The molecule has 0 fully saturated rings. The molecule has 0 aliphatic heterocycles. The van der Waals surface area contributed by atoms with Gasteiger partial charge in [0.05, 0.1) is 0 Å². The third-order valence-electron chi connectivity index (χ3n) is 3.81. The first kappa shape index (κ1) is 18.7. The molecule has 0 radical (unpaired) electrons. The predicted molar refractivity (Wildman–Crippen MR) is 99.6 cm³/mol. The van der Waals surface area contributed by atoms with Crippen molar-refractivity contribution in [2.45, 2.75) is 52.1 Å². The van der Waals surface area contributed by atoms with Gasteiger partial charge in [-0.1, -0.05) is 37.8 Å². The van der Waals surface area contributed by atoms with Gasteiger partial charge in [-0.2, -0.15) is 5.10 Å². The van der Waals surface area contributed by atoms with Gasteiger partial charge in [0.1, 0.15) is 6.54 Å². The van der Waals surface area contributed by atoms with E-state index >= 15 is 0 Å². The fraction of sp³-hybridized carbons (Fsp3) is 0.471. The van der Waals surface area contributed by atoms with Crippen LogP contribution >= 0.6 is 23.8 Å². The minimum atomic E-state index is -0.0632. The lowest BCUT2D eigenvalue weighted by molar-refractivity contribution is -0.122. The summed E-state index contributed by atoms with van der Waals surface area (Å²) in [5.41, 5.74) is 0.857. The summed E-state index contributed by atoms with van der Waals surface area (Å²) in [6.45, 7) is 4.34. The highest BCUT2D eigenvalue weighted by atomic mass is 35.5. The minimum absolute atomic E-state index is 0.0632. The summed E-state index contributed by atoms with van der Waals surface area (Å²) in [6, 6.07) is 7.44. The van der Waals surface area contributed by atoms with Gasteiger partial charge in [-0.15, -0.1) is 0 Å². The Morgan fingerprint density at radius 1 is 1.38 bits per heavy atom. The Morgan fingerprint density at radius 3 is 2.75 bits per heavy atom. The average molecular weight is 367 g/mol. The van der Waals surface area contributed by atoms with Gasteiger partial charge in [0.25, 0.3) is 0 Å². The molecule has 2 rings (SSSR count). The Balaban J connectivity index is 2.04. The molecule has 1 amide bonds. The summed E-state index contributed by atoms with van der Waals surface area (Å²) < 4.78 is 2.13. The van der Waals surface area contributed by atoms with Crippen molar-refractivity contribution < 1.29 is 4.79 Å². The zero-order valence-corrected chi connectivity index (χ0v) is 15.6. The Kier molecular flexibility index (Phi) is 6.99. The molecular weight excluding hydrogens is 344 g/mol. The molecule has 24 heavy (non-hydrogen) atoms. The lowest BCUT2D eigenvalue weighted by Gasteiger charge is -2.14. The van der Waals surface area contributed by atoms with Crippen LogP contribution in [0.3, 0.4) is 0 Å². The summed E-state index contributed by atoms with van der Waals surface area (Å²) in [7, 11) is 0. The van der Waals surface area contributed by atoms with E-state index in [1.807, 2.05) is 19.1 Å². The van der Waals surface area contributed by atoms with Crippen molar-refractivity contribution in [1.82, 2.24) is 20.1 Å². The second-order valence-corrected chi connectivity index (χ2v) is 6.73. The number of carbonyl (C=O) groups excluding carboxylic acids is 1. The number of unbranched alkanes of at least 4 members (excludes halogenated alkanes) is 2. The largest absolute Gasteiger partial charge is 0.352 e. The number of rotatable bonds is 8. The molecule has 0 aliphatic rings. The summed E-state index contributed by atoms with van der Waals surface area (Å²) >= 11 is 11.2. The van der Waals surface area contributed by atoms with Crippen LogP contribution in [0, 0.1) is 4.77 Å². The molecule has 1 aromatic heterocycles. The van der Waals surface area contributed by atoms with Crippen LogP contribution in [0.25, 0.3) is 11.4 Å². The zero-order chi connectivity index (χ0) is 17.5. The Morgan fingerprint density at radius 2 is 2.08 bits per heavy atom. The molecule has 5 nitrogen and oxygen atoms in total. The summed E-state index contributed by atoms with van der Waals surface area (Å²) in [4.78, 5) is 12.3. The van der Waals surface area contributed by atoms with Gasteiger partial charge >= 0.3 is 0 Å². The predicted octanol–water partition coefficient (Wildman–Crippen LogP) is 4.35. The minimum Gasteiger partial charge on any atom is -0.352 e. The first-order valence-corrected chi connectivity index (χ1v) is 9.00. The van der Waals surface area contributed by atoms with Gasteiger partial charge in [-0.25, -0.2) is 0 Å². The van der Waals surface area contributed by atoms with Crippen LogP contribution in [0.15, 0.2) is 24.3 Å². The molecule has 0 saturated carbocycles. The number of aromatic nitrogens is 3. The zero-order valence-electron chi connectivity index (χ0n) is 14.0. The number of amides is 1. The Hall–Kier alpha value is -1.66. The summed E-state index contributed by atoms with van der Waals surface area (Å²) in [5, 5.41) is 10.7. The monoisotopic (exact) mass is 366 g/mol. The first-order valence-electron chi connectivity index (χ1n) is 8.21. The molecule has 1 aromatic carbocycles. The van der Waals surface area contributed by atoms with E-state index < -0.39 is 0 Å². The SMILES string of the molecule is CCCCCC(C)NC(=O)Cn1c(-c2ccc(Cl)cc2)n[nH]c1=S. The van der Waals surface area contributed by atoms with Crippen LogP contribution in [-0.4, -0.2) is 26.7 Å². The average Bonchev–Trinajstić information content (AvgIpc) is 2.89. The molecule has 0 bridgehead atoms. The van der Waals surface area contributed by atoms with Crippen LogP contribution < -0.4 is 5.32 Å². The normalized spacial score (nSPS) is 12.1. The smallest absolute Gasteiger partial charge is 0.240 e. The summed E-state index contributed by atoms with van der Waals surface area (Å²) in [5.74, 6) is 0.567. The number of carbonyl (C=O) groups is 1. The third kappa shape index (κ3) is 5.18. The molecule has 1 unspecified atom stereocenters. The maximum Gasteiger partial charge on any atom is 0.240 e. The number of nitrogens with one attached hydrogen (secondary N) is 2. The Labute approximate surface area is 152 Å². The second-order valence-electron chi connectivity index (χ2n) is 5.91. The molecule has 0 aliphatic carbocycles. The van der Waals surface area contributed by atoms with Crippen molar-refractivity contribution in [2.75, 3.05) is 0 Å². The highest BCUT2D eigenvalue weighted by Crippen LogP contribution is 2.19. The number of nitrogens with zero attached hydrogens (tertiary/aromatic N) is 2. The lowest BCUT2D eigenvalue weighted by Crippen LogP contribution is -2.35. The van der Waals surface area contributed by atoms with E-state index in [4.69, 9.17) is 23.8 Å². The number of hydrogen-bond donors (Lipinski definition) is 2. The number of hydrogen-bond acceptors (Lipinski definition) is 3. The van der Waals surface area contributed by atoms with Crippen molar-refractivity contribution in [3.05, 3.63) is 34.1 Å².